The van der Waals surface area contributed by atoms with Gasteiger partial charge in [-0.3, -0.25) is 4.79 Å². The maximum atomic E-state index is 11.8. The highest BCUT2D eigenvalue weighted by molar-refractivity contribution is 5.92. The average Bonchev–Trinajstić information content (AvgIpc) is 2.75. The van der Waals surface area contributed by atoms with Crippen molar-refractivity contribution in [3.63, 3.8) is 0 Å². The molecule has 0 aromatic heterocycles. The molecular formula is C25H27NO3. The van der Waals surface area contributed by atoms with Crippen molar-refractivity contribution < 1.29 is 14.6 Å². The zero-order valence-electron chi connectivity index (χ0n) is 16.9. The molecule has 0 fully saturated rings. The third-order valence-electron chi connectivity index (χ3n) is 4.91. The van der Waals surface area contributed by atoms with Gasteiger partial charge in [0, 0.05) is 12.1 Å². The van der Waals surface area contributed by atoms with Crippen molar-refractivity contribution in [3.05, 3.63) is 83.9 Å². The van der Waals surface area contributed by atoms with E-state index in [1.54, 1.807) is 19.1 Å². The van der Waals surface area contributed by atoms with Crippen molar-refractivity contribution in [3.8, 4) is 16.9 Å². The van der Waals surface area contributed by atoms with Crippen LogP contribution in [0, 0.1) is 12.8 Å². The third-order valence-corrected chi connectivity index (χ3v) is 4.91. The Labute approximate surface area is 172 Å². The number of nitrogens with one attached hydrogen (secondary N) is 1. The average molecular weight is 389 g/mol. The van der Waals surface area contributed by atoms with Gasteiger partial charge in [0.05, 0.1) is 19.1 Å². The summed E-state index contributed by atoms with van der Waals surface area (Å²) in [5, 5.41) is 11.8. The second-order valence-electron chi connectivity index (χ2n) is 7.21. The summed E-state index contributed by atoms with van der Waals surface area (Å²) in [6, 6.07) is 24.3. The number of aliphatic hydroxyl groups excluding tert-OH is 1. The molecule has 0 heterocycles. The molecule has 0 saturated heterocycles. The lowest BCUT2D eigenvalue weighted by molar-refractivity contribution is -0.120. The van der Waals surface area contributed by atoms with Crippen molar-refractivity contribution >= 4 is 11.6 Å². The van der Waals surface area contributed by atoms with Gasteiger partial charge < -0.3 is 15.2 Å². The number of anilines is 1. The molecule has 1 unspecified atom stereocenters. The quantitative estimate of drug-likeness (QED) is 0.579. The number of hydrogen-bond donors (Lipinski definition) is 2. The van der Waals surface area contributed by atoms with Gasteiger partial charge in [0.2, 0.25) is 5.91 Å². The highest BCUT2D eigenvalue weighted by Gasteiger charge is 2.11. The molecule has 3 rings (SSSR count). The Morgan fingerprint density at radius 2 is 1.69 bits per heavy atom. The zero-order valence-corrected chi connectivity index (χ0v) is 16.9. The smallest absolute Gasteiger partial charge is 0.229 e. The van der Waals surface area contributed by atoms with Gasteiger partial charge >= 0.3 is 0 Å². The van der Waals surface area contributed by atoms with Crippen LogP contribution in [0.15, 0.2) is 72.8 Å². The maximum absolute atomic E-state index is 11.8. The minimum atomic E-state index is -0.428. The fourth-order valence-corrected chi connectivity index (χ4v) is 3.02. The van der Waals surface area contributed by atoms with Crippen molar-refractivity contribution in [2.24, 2.45) is 5.92 Å². The molecule has 0 aliphatic carbocycles. The Hall–Kier alpha value is -3.11. The monoisotopic (exact) mass is 389 g/mol. The summed E-state index contributed by atoms with van der Waals surface area (Å²) in [7, 11) is 0. The standard InChI is InChI=1S/C25H27NO3/c1-18-5-3-4-6-24(18)21-9-7-20(8-10-21)15-16-29-23-13-11-22(12-14-23)26-25(28)19(2)17-27/h3-14,19,27H,15-17H2,1-2H3,(H,26,28). The van der Waals surface area contributed by atoms with E-state index < -0.39 is 5.92 Å². The third kappa shape index (κ3) is 5.69. The molecule has 0 aliphatic rings. The number of aliphatic hydroxyl groups is 1. The van der Waals surface area contributed by atoms with Crippen LogP contribution < -0.4 is 10.1 Å². The number of aryl methyl sites for hydroxylation is 1. The van der Waals surface area contributed by atoms with E-state index in [0.717, 1.165) is 12.2 Å². The number of hydrogen-bond acceptors (Lipinski definition) is 3. The molecule has 150 valence electrons. The van der Waals surface area contributed by atoms with Gasteiger partial charge in [-0.25, -0.2) is 0 Å². The summed E-state index contributed by atoms with van der Waals surface area (Å²) in [6.45, 7) is 4.22. The second kappa shape index (κ2) is 9.89. The molecule has 3 aromatic rings. The van der Waals surface area contributed by atoms with Gasteiger partial charge in [-0.2, -0.15) is 0 Å². The Kier molecular flexibility index (Phi) is 7.04. The van der Waals surface area contributed by atoms with E-state index in [0.29, 0.717) is 12.3 Å². The molecule has 29 heavy (non-hydrogen) atoms. The highest BCUT2D eigenvalue weighted by atomic mass is 16.5. The fourth-order valence-electron chi connectivity index (χ4n) is 3.02. The maximum Gasteiger partial charge on any atom is 0.229 e. The summed E-state index contributed by atoms with van der Waals surface area (Å²) in [4.78, 5) is 11.8. The van der Waals surface area contributed by atoms with Crippen LogP contribution in [0.5, 0.6) is 5.75 Å². The van der Waals surface area contributed by atoms with Gasteiger partial charge in [0.25, 0.3) is 0 Å². The van der Waals surface area contributed by atoms with E-state index in [-0.39, 0.29) is 12.5 Å². The van der Waals surface area contributed by atoms with Crippen molar-refractivity contribution in [2.75, 3.05) is 18.5 Å². The van der Waals surface area contributed by atoms with Crippen molar-refractivity contribution in [1.82, 2.24) is 0 Å². The molecule has 4 nitrogen and oxygen atoms in total. The summed E-state index contributed by atoms with van der Waals surface area (Å²) in [5.41, 5.74) is 5.67. The molecule has 0 radical (unpaired) electrons. The number of benzene rings is 3. The lowest BCUT2D eigenvalue weighted by Gasteiger charge is -2.11. The van der Waals surface area contributed by atoms with E-state index in [9.17, 15) is 4.79 Å². The normalized spacial score (nSPS) is 11.7. The minimum absolute atomic E-state index is 0.168. The summed E-state index contributed by atoms with van der Waals surface area (Å²) in [5.74, 6) is 0.133. The summed E-state index contributed by atoms with van der Waals surface area (Å²) in [6.07, 6.45) is 0.820. The van der Waals surface area contributed by atoms with Crippen molar-refractivity contribution in [2.45, 2.75) is 20.3 Å². The Bertz CT molecular complexity index is 933. The minimum Gasteiger partial charge on any atom is -0.493 e. The Morgan fingerprint density at radius 3 is 2.34 bits per heavy atom. The molecular weight excluding hydrogens is 362 g/mol. The second-order valence-corrected chi connectivity index (χ2v) is 7.21. The Balaban J connectivity index is 1.50. The van der Waals surface area contributed by atoms with Gasteiger partial charge in [0.1, 0.15) is 5.75 Å². The van der Waals surface area contributed by atoms with E-state index in [2.05, 4.69) is 60.8 Å². The van der Waals surface area contributed by atoms with E-state index >= 15 is 0 Å². The highest BCUT2D eigenvalue weighted by Crippen LogP contribution is 2.23. The fraction of sp³-hybridized carbons (Fsp3) is 0.240. The molecule has 3 aromatic carbocycles. The number of carbonyl (C=O) groups is 1. The molecule has 0 spiro atoms. The topological polar surface area (TPSA) is 58.6 Å². The van der Waals surface area contributed by atoms with Crippen LogP contribution in [-0.4, -0.2) is 24.2 Å². The van der Waals surface area contributed by atoms with Gasteiger partial charge in [-0.05, 0) is 53.4 Å². The van der Waals surface area contributed by atoms with Crippen LogP contribution in [0.1, 0.15) is 18.1 Å². The molecule has 0 bridgehead atoms. The van der Waals surface area contributed by atoms with Crippen LogP contribution in [0.25, 0.3) is 11.1 Å². The number of rotatable bonds is 8. The predicted molar refractivity (Wildman–Crippen MR) is 117 cm³/mol. The number of ether oxygens (including phenoxy) is 1. The first-order valence-electron chi connectivity index (χ1n) is 9.86. The van der Waals surface area contributed by atoms with Crippen LogP contribution in [0.3, 0.4) is 0 Å². The van der Waals surface area contributed by atoms with Crippen molar-refractivity contribution in [1.29, 1.82) is 0 Å². The largest absolute Gasteiger partial charge is 0.493 e. The van der Waals surface area contributed by atoms with Gasteiger partial charge in [-0.15, -0.1) is 0 Å². The first-order chi connectivity index (χ1) is 14.1. The Morgan fingerprint density at radius 1 is 1.00 bits per heavy atom. The molecule has 4 heteroatoms. The molecule has 1 atom stereocenters. The van der Waals surface area contributed by atoms with E-state index in [1.165, 1.54) is 22.3 Å². The van der Waals surface area contributed by atoms with Gasteiger partial charge in [-0.1, -0.05) is 55.5 Å². The van der Waals surface area contributed by atoms with Gasteiger partial charge in [0.15, 0.2) is 0 Å². The molecule has 0 saturated carbocycles. The first-order valence-corrected chi connectivity index (χ1v) is 9.86. The zero-order chi connectivity index (χ0) is 20.6. The summed E-state index contributed by atoms with van der Waals surface area (Å²) < 4.78 is 5.82. The predicted octanol–water partition coefficient (Wildman–Crippen LogP) is 4.85. The first kappa shape index (κ1) is 20.6. The SMILES string of the molecule is Cc1ccccc1-c1ccc(CCOc2ccc(NC(=O)C(C)CO)cc2)cc1. The lowest BCUT2D eigenvalue weighted by atomic mass is 9.99. The molecule has 0 aliphatic heterocycles. The summed E-state index contributed by atoms with van der Waals surface area (Å²) >= 11 is 0. The van der Waals surface area contributed by atoms with Crippen LogP contribution in [-0.2, 0) is 11.2 Å². The molecule has 2 N–H and O–H groups in total. The van der Waals surface area contributed by atoms with Crippen LogP contribution in [0.2, 0.25) is 0 Å². The van der Waals surface area contributed by atoms with E-state index in [4.69, 9.17) is 9.84 Å². The number of amides is 1. The number of carbonyl (C=O) groups excluding carboxylic acids is 1. The van der Waals surface area contributed by atoms with Crippen LogP contribution >= 0.6 is 0 Å². The van der Waals surface area contributed by atoms with Crippen LogP contribution in [0.4, 0.5) is 5.69 Å². The lowest BCUT2D eigenvalue weighted by Crippen LogP contribution is -2.22. The molecule has 1 amide bonds. The van der Waals surface area contributed by atoms with E-state index in [1.807, 2.05) is 12.1 Å².